The second kappa shape index (κ2) is 7.09. The summed E-state index contributed by atoms with van der Waals surface area (Å²) >= 11 is 0. The van der Waals surface area contributed by atoms with Crippen molar-refractivity contribution in [2.24, 2.45) is 0 Å². The zero-order valence-electron chi connectivity index (χ0n) is 13.4. The molecule has 1 heterocycles. The van der Waals surface area contributed by atoms with Crippen molar-refractivity contribution in [3.05, 3.63) is 28.5 Å². The fourth-order valence-corrected chi connectivity index (χ4v) is 2.79. The van der Waals surface area contributed by atoms with Crippen LogP contribution in [0, 0.1) is 6.92 Å². The lowest BCUT2D eigenvalue weighted by molar-refractivity contribution is -0.132. The highest BCUT2D eigenvalue weighted by Gasteiger charge is 2.27. The predicted molar refractivity (Wildman–Crippen MR) is 84.5 cm³/mol. The van der Waals surface area contributed by atoms with Crippen LogP contribution in [0.2, 0.25) is 0 Å². The first-order valence-electron chi connectivity index (χ1n) is 7.35. The van der Waals surface area contributed by atoms with Crippen LogP contribution in [0.25, 0.3) is 6.08 Å². The highest BCUT2D eigenvalue weighted by atomic mass is 16.5. The van der Waals surface area contributed by atoms with Crippen LogP contribution in [0.1, 0.15) is 47.3 Å². The van der Waals surface area contributed by atoms with Gasteiger partial charge in [-0.15, -0.1) is 0 Å². The van der Waals surface area contributed by atoms with Gasteiger partial charge in [0, 0.05) is 35.4 Å². The molecule has 0 aromatic heterocycles. The average Bonchev–Trinajstić information content (AvgIpc) is 2.50. The van der Waals surface area contributed by atoms with Gasteiger partial charge in [-0.05, 0) is 32.8 Å². The number of hydrogen-bond acceptors (Lipinski definition) is 5. The quantitative estimate of drug-likeness (QED) is 0.389. The first-order valence-corrected chi connectivity index (χ1v) is 7.35. The van der Waals surface area contributed by atoms with E-state index in [4.69, 9.17) is 9.47 Å². The summed E-state index contributed by atoms with van der Waals surface area (Å²) in [5, 5.41) is 2.40. The van der Waals surface area contributed by atoms with Gasteiger partial charge in [-0.25, -0.2) is 0 Å². The number of fused-ring (bicyclic) bond motifs is 1. The van der Waals surface area contributed by atoms with Crippen molar-refractivity contribution in [3.8, 4) is 11.5 Å². The number of benzene rings is 1. The number of esters is 1. The van der Waals surface area contributed by atoms with Crippen LogP contribution in [0.3, 0.4) is 0 Å². The van der Waals surface area contributed by atoms with Gasteiger partial charge in [-0.2, -0.15) is 0 Å². The van der Waals surface area contributed by atoms with E-state index in [-0.39, 0.29) is 11.5 Å². The molecule has 0 saturated carbocycles. The van der Waals surface area contributed by atoms with Crippen molar-refractivity contribution < 1.29 is 23.9 Å². The molecule has 2 rings (SSSR count). The van der Waals surface area contributed by atoms with Gasteiger partial charge >= 0.3 is 5.97 Å². The van der Waals surface area contributed by atoms with E-state index in [2.05, 4.69) is 5.32 Å². The van der Waals surface area contributed by atoms with Gasteiger partial charge in [-0.3, -0.25) is 14.4 Å². The third-order valence-electron chi connectivity index (χ3n) is 3.60. The normalized spacial score (nSPS) is 13.2. The Bertz CT molecular complexity index is 691. The summed E-state index contributed by atoms with van der Waals surface area (Å²) in [4.78, 5) is 34.1. The van der Waals surface area contributed by atoms with Crippen LogP contribution in [0.5, 0.6) is 11.5 Å². The van der Waals surface area contributed by atoms with Crippen molar-refractivity contribution in [1.82, 2.24) is 5.32 Å². The molecule has 0 fully saturated rings. The largest absolute Gasteiger partial charge is 0.493 e. The molecule has 23 heavy (non-hydrogen) atoms. The highest BCUT2D eigenvalue weighted by Crippen LogP contribution is 2.42. The lowest BCUT2D eigenvalue weighted by Gasteiger charge is -2.25. The number of amides is 1. The summed E-state index contributed by atoms with van der Waals surface area (Å²) in [7, 11) is 0. The van der Waals surface area contributed by atoms with E-state index in [1.165, 1.54) is 20.0 Å². The van der Waals surface area contributed by atoms with Crippen molar-refractivity contribution in [1.29, 1.82) is 0 Å². The number of rotatable bonds is 5. The van der Waals surface area contributed by atoms with Crippen LogP contribution in [0.15, 0.2) is 6.20 Å². The van der Waals surface area contributed by atoms with Gasteiger partial charge in [0.25, 0.3) is 0 Å². The molecule has 1 N–H and O–H groups in total. The van der Waals surface area contributed by atoms with E-state index >= 15 is 0 Å². The van der Waals surface area contributed by atoms with E-state index in [1.807, 2.05) is 0 Å². The molecule has 6 nitrogen and oxygen atoms in total. The second-order valence-corrected chi connectivity index (χ2v) is 5.27. The van der Waals surface area contributed by atoms with E-state index < -0.39 is 5.97 Å². The second-order valence-electron chi connectivity index (χ2n) is 5.27. The minimum absolute atomic E-state index is 0.147. The minimum Gasteiger partial charge on any atom is -0.493 e. The number of carbonyl (C=O) groups is 3. The summed E-state index contributed by atoms with van der Waals surface area (Å²) in [6.45, 7) is 5.11. The first-order chi connectivity index (χ1) is 11.0. The lowest BCUT2D eigenvalue weighted by Crippen LogP contribution is -2.17. The first kappa shape index (κ1) is 16.7. The molecule has 1 aliphatic heterocycles. The SMILES string of the molecule is CC(=O)Oc1c(C)c2c(c(C(C)=O)c1/C=C/NC=O)CCCO2. The van der Waals surface area contributed by atoms with E-state index in [1.54, 1.807) is 13.0 Å². The molecule has 0 atom stereocenters. The number of nitrogens with one attached hydrogen (secondary N) is 1. The Morgan fingerprint density at radius 1 is 1.30 bits per heavy atom. The topological polar surface area (TPSA) is 81.7 Å². The zero-order valence-corrected chi connectivity index (χ0v) is 13.4. The van der Waals surface area contributed by atoms with Gasteiger partial charge in [-0.1, -0.05) is 0 Å². The zero-order chi connectivity index (χ0) is 17.0. The molecule has 0 radical (unpaired) electrons. The average molecular weight is 317 g/mol. The predicted octanol–water partition coefficient (Wildman–Crippen LogP) is 2.16. The standard InChI is InChI=1S/C17H19NO5/c1-10-16-13(5-4-8-22-16)15(11(2)20)14(6-7-18-9-19)17(10)23-12(3)21/h6-7,9H,4-5,8H2,1-3H3,(H,18,19)/b7-6+. The van der Waals surface area contributed by atoms with Crippen LogP contribution in [-0.2, 0) is 16.0 Å². The maximum atomic E-state index is 12.2. The third kappa shape index (κ3) is 3.41. The van der Waals surface area contributed by atoms with Crippen molar-refractivity contribution in [3.63, 3.8) is 0 Å². The van der Waals surface area contributed by atoms with Gasteiger partial charge in [0.2, 0.25) is 6.41 Å². The Morgan fingerprint density at radius 3 is 2.65 bits per heavy atom. The Kier molecular flexibility index (Phi) is 5.16. The Labute approximate surface area is 134 Å². The molecule has 0 bridgehead atoms. The molecule has 0 aliphatic carbocycles. The Hall–Kier alpha value is -2.63. The summed E-state index contributed by atoms with van der Waals surface area (Å²) < 4.78 is 11.0. The molecule has 0 saturated heterocycles. The number of hydrogen-bond donors (Lipinski definition) is 1. The molecule has 0 unspecified atom stereocenters. The van der Waals surface area contributed by atoms with Gasteiger partial charge in [0.05, 0.1) is 6.61 Å². The molecule has 1 amide bonds. The van der Waals surface area contributed by atoms with E-state index in [0.717, 1.165) is 12.0 Å². The van der Waals surface area contributed by atoms with Gasteiger partial charge in [0.1, 0.15) is 11.5 Å². The van der Waals surface area contributed by atoms with Crippen molar-refractivity contribution in [2.45, 2.75) is 33.6 Å². The Balaban J connectivity index is 2.76. The minimum atomic E-state index is -0.489. The number of ketones is 1. The van der Waals surface area contributed by atoms with Gasteiger partial charge < -0.3 is 14.8 Å². The lowest BCUT2D eigenvalue weighted by atomic mass is 9.89. The molecule has 1 aromatic carbocycles. The molecular formula is C17H19NO5. The fourth-order valence-electron chi connectivity index (χ4n) is 2.79. The Morgan fingerprint density at radius 2 is 2.04 bits per heavy atom. The molecule has 122 valence electrons. The molecule has 0 spiro atoms. The molecular weight excluding hydrogens is 298 g/mol. The van der Waals surface area contributed by atoms with E-state index in [9.17, 15) is 14.4 Å². The van der Waals surface area contributed by atoms with Crippen molar-refractivity contribution in [2.75, 3.05) is 6.61 Å². The molecule has 6 heteroatoms. The summed E-state index contributed by atoms with van der Waals surface area (Å²) in [6, 6.07) is 0. The number of carbonyl (C=O) groups excluding carboxylic acids is 3. The smallest absolute Gasteiger partial charge is 0.308 e. The van der Waals surface area contributed by atoms with Crippen molar-refractivity contribution >= 4 is 24.2 Å². The maximum Gasteiger partial charge on any atom is 0.308 e. The summed E-state index contributed by atoms with van der Waals surface area (Å²) in [5.74, 6) is 0.257. The number of ether oxygens (including phenoxy) is 2. The monoisotopic (exact) mass is 317 g/mol. The van der Waals surface area contributed by atoms with Crippen LogP contribution >= 0.6 is 0 Å². The summed E-state index contributed by atoms with van der Waals surface area (Å²) in [5.41, 5.74) is 2.43. The maximum absolute atomic E-state index is 12.2. The van der Waals surface area contributed by atoms with E-state index in [0.29, 0.717) is 41.9 Å². The fraction of sp³-hybridized carbons (Fsp3) is 0.353. The summed E-state index contributed by atoms with van der Waals surface area (Å²) in [6.07, 6.45) is 5.01. The highest BCUT2D eigenvalue weighted by molar-refractivity contribution is 6.02. The van der Waals surface area contributed by atoms with Crippen LogP contribution in [-0.4, -0.2) is 24.8 Å². The number of Topliss-reactive ketones (excluding diaryl/α,β-unsaturated/α-hetero) is 1. The van der Waals surface area contributed by atoms with Crippen LogP contribution in [0.4, 0.5) is 0 Å². The molecule has 1 aromatic rings. The van der Waals surface area contributed by atoms with Crippen LogP contribution < -0.4 is 14.8 Å². The van der Waals surface area contributed by atoms with Gasteiger partial charge in [0.15, 0.2) is 5.78 Å². The molecule has 1 aliphatic rings. The third-order valence-corrected chi connectivity index (χ3v) is 3.60.